The van der Waals surface area contributed by atoms with E-state index in [0.29, 0.717) is 23.2 Å². The van der Waals surface area contributed by atoms with E-state index in [1.54, 1.807) is 24.3 Å². The highest BCUT2D eigenvalue weighted by Gasteiger charge is 2.09. The Kier molecular flexibility index (Phi) is 4.33. The molecule has 0 saturated heterocycles. The van der Waals surface area contributed by atoms with E-state index in [4.69, 9.17) is 9.15 Å². The molecule has 6 nitrogen and oxygen atoms in total. The van der Waals surface area contributed by atoms with Crippen LogP contribution >= 0.6 is 0 Å². The van der Waals surface area contributed by atoms with Gasteiger partial charge in [0.15, 0.2) is 6.61 Å². The second-order valence-corrected chi connectivity index (χ2v) is 4.86. The molecule has 0 saturated carbocycles. The Bertz CT molecular complexity index is 800. The van der Waals surface area contributed by atoms with Crippen LogP contribution in [0, 0.1) is 0 Å². The lowest BCUT2D eigenvalue weighted by atomic mass is 10.2. The number of nitrogens with one attached hydrogen (secondary N) is 1. The third-order valence-electron chi connectivity index (χ3n) is 3.00. The average Bonchev–Trinajstić information content (AvgIpc) is 3.02. The first-order valence-electron chi connectivity index (χ1n) is 7.09. The lowest BCUT2D eigenvalue weighted by Crippen LogP contribution is -2.05. The zero-order valence-electron chi connectivity index (χ0n) is 12.5. The molecule has 0 fully saturated rings. The number of aromatic nitrogens is 2. The lowest BCUT2D eigenvalue weighted by molar-refractivity contribution is -0.114. The molecule has 3 aromatic rings. The van der Waals surface area contributed by atoms with Crippen LogP contribution in [0.15, 0.2) is 59.0 Å². The maximum absolute atomic E-state index is 11.1. The van der Waals surface area contributed by atoms with Crippen molar-refractivity contribution in [2.45, 2.75) is 13.5 Å². The molecule has 0 unspecified atom stereocenters. The Hall–Kier alpha value is -3.15. The van der Waals surface area contributed by atoms with Gasteiger partial charge in [0.05, 0.1) is 0 Å². The second-order valence-electron chi connectivity index (χ2n) is 4.86. The van der Waals surface area contributed by atoms with Gasteiger partial charge in [0.2, 0.25) is 11.8 Å². The maximum Gasteiger partial charge on any atom is 0.254 e. The standard InChI is InChI=1S/C17H15N3O3/c1-12(21)18-14-8-5-9-15(10-14)22-11-16-19-20-17(23-16)13-6-3-2-4-7-13/h2-10H,11H2,1H3,(H,18,21). The first-order chi connectivity index (χ1) is 11.2. The van der Waals surface area contributed by atoms with Crippen LogP contribution in [0.25, 0.3) is 11.5 Å². The van der Waals surface area contributed by atoms with E-state index >= 15 is 0 Å². The van der Waals surface area contributed by atoms with Crippen LogP contribution in [0.3, 0.4) is 0 Å². The molecule has 0 aliphatic carbocycles. The molecule has 116 valence electrons. The van der Waals surface area contributed by atoms with Gasteiger partial charge in [-0.25, -0.2) is 0 Å². The second kappa shape index (κ2) is 6.74. The van der Waals surface area contributed by atoms with Crippen LogP contribution in [0.4, 0.5) is 5.69 Å². The molecule has 1 amide bonds. The number of ether oxygens (including phenoxy) is 1. The molecule has 6 heteroatoms. The molecule has 3 rings (SSSR count). The van der Waals surface area contributed by atoms with Crippen molar-refractivity contribution < 1.29 is 13.9 Å². The van der Waals surface area contributed by atoms with Gasteiger partial charge >= 0.3 is 0 Å². The Labute approximate surface area is 133 Å². The smallest absolute Gasteiger partial charge is 0.254 e. The zero-order chi connectivity index (χ0) is 16.1. The Morgan fingerprint density at radius 2 is 1.96 bits per heavy atom. The Balaban J connectivity index is 1.65. The van der Waals surface area contributed by atoms with Crippen LogP contribution in [0.1, 0.15) is 12.8 Å². The van der Waals surface area contributed by atoms with E-state index < -0.39 is 0 Å². The van der Waals surface area contributed by atoms with E-state index in [0.717, 1.165) is 5.56 Å². The first kappa shape index (κ1) is 14.8. The summed E-state index contributed by atoms with van der Waals surface area (Å²) >= 11 is 0. The molecule has 0 atom stereocenters. The summed E-state index contributed by atoms with van der Waals surface area (Å²) in [6.45, 7) is 1.61. The van der Waals surface area contributed by atoms with Crippen molar-refractivity contribution in [3.05, 3.63) is 60.5 Å². The third-order valence-corrected chi connectivity index (χ3v) is 3.00. The van der Waals surface area contributed by atoms with Crippen molar-refractivity contribution in [2.75, 3.05) is 5.32 Å². The molecule has 23 heavy (non-hydrogen) atoms. The molecular formula is C17H15N3O3. The minimum atomic E-state index is -0.133. The largest absolute Gasteiger partial charge is 0.484 e. The van der Waals surface area contributed by atoms with Crippen LogP contribution in [0.2, 0.25) is 0 Å². The SMILES string of the molecule is CC(=O)Nc1cccc(OCc2nnc(-c3ccccc3)o2)c1. The van der Waals surface area contributed by atoms with Crippen LogP contribution in [-0.4, -0.2) is 16.1 Å². The Morgan fingerprint density at radius 1 is 1.13 bits per heavy atom. The van der Waals surface area contributed by atoms with E-state index in [-0.39, 0.29) is 12.5 Å². The highest BCUT2D eigenvalue weighted by Crippen LogP contribution is 2.20. The zero-order valence-corrected chi connectivity index (χ0v) is 12.5. The van der Waals surface area contributed by atoms with Gasteiger partial charge in [0.25, 0.3) is 5.89 Å². The summed E-state index contributed by atoms with van der Waals surface area (Å²) in [5.74, 6) is 1.31. The fourth-order valence-corrected chi connectivity index (χ4v) is 2.02. The topological polar surface area (TPSA) is 77.2 Å². The number of hydrogen-bond donors (Lipinski definition) is 1. The maximum atomic E-state index is 11.1. The van der Waals surface area contributed by atoms with Gasteiger partial charge in [-0.1, -0.05) is 24.3 Å². The van der Waals surface area contributed by atoms with Gasteiger partial charge in [-0.3, -0.25) is 4.79 Å². The number of carbonyl (C=O) groups is 1. The minimum Gasteiger partial charge on any atom is -0.484 e. The summed E-state index contributed by atoms with van der Waals surface area (Å²) < 4.78 is 11.2. The van der Waals surface area contributed by atoms with Crippen molar-refractivity contribution in [1.29, 1.82) is 0 Å². The number of benzene rings is 2. The van der Waals surface area contributed by atoms with Crippen molar-refractivity contribution in [3.8, 4) is 17.2 Å². The van der Waals surface area contributed by atoms with Gasteiger partial charge in [-0.05, 0) is 24.3 Å². The van der Waals surface area contributed by atoms with E-state index in [2.05, 4.69) is 15.5 Å². The monoisotopic (exact) mass is 309 g/mol. The van der Waals surface area contributed by atoms with Gasteiger partial charge in [-0.2, -0.15) is 0 Å². The quantitative estimate of drug-likeness (QED) is 0.782. The predicted octanol–water partition coefficient (Wildman–Crippen LogP) is 3.27. The van der Waals surface area contributed by atoms with E-state index in [1.165, 1.54) is 6.92 Å². The first-order valence-corrected chi connectivity index (χ1v) is 7.09. The van der Waals surface area contributed by atoms with Gasteiger partial charge in [-0.15, -0.1) is 10.2 Å². The highest BCUT2D eigenvalue weighted by molar-refractivity contribution is 5.88. The lowest BCUT2D eigenvalue weighted by Gasteiger charge is -2.06. The molecule has 2 aromatic carbocycles. The molecule has 0 spiro atoms. The van der Waals surface area contributed by atoms with E-state index in [9.17, 15) is 4.79 Å². The molecule has 1 aromatic heterocycles. The summed E-state index contributed by atoms with van der Waals surface area (Å²) in [5, 5.41) is 10.7. The number of nitrogens with zero attached hydrogens (tertiary/aromatic N) is 2. The van der Waals surface area contributed by atoms with Gasteiger partial charge in [0, 0.05) is 24.2 Å². The number of anilines is 1. The third kappa shape index (κ3) is 3.94. The van der Waals surface area contributed by atoms with E-state index in [1.807, 2.05) is 30.3 Å². The fourth-order valence-electron chi connectivity index (χ4n) is 2.02. The summed E-state index contributed by atoms with van der Waals surface area (Å²) in [4.78, 5) is 11.1. The van der Waals surface area contributed by atoms with Crippen LogP contribution in [-0.2, 0) is 11.4 Å². The number of carbonyl (C=O) groups excluding carboxylic acids is 1. The summed E-state index contributed by atoms with van der Waals surface area (Å²) in [6.07, 6.45) is 0. The predicted molar refractivity (Wildman–Crippen MR) is 84.8 cm³/mol. The minimum absolute atomic E-state index is 0.133. The fraction of sp³-hybridized carbons (Fsp3) is 0.118. The summed E-state index contributed by atoms with van der Waals surface area (Å²) in [6, 6.07) is 16.6. The molecular weight excluding hydrogens is 294 g/mol. The summed E-state index contributed by atoms with van der Waals surface area (Å²) in [7, 11) is 0. The molecule has 1 N–H and O–H groups in total. The molecule has 0 aliphatic heterocycles. The summed E-state index contributed by atoms with van der Waals surface area (Å²) in [5.41, 5.74) is 1.53. The Morgan fingerprint density at radius 3 is 2.74 bits per heavy atom. The van der Waals surface area contributed by atoms with Crippen LogP contribution < -0.4 is 10.1 Å². The molecule has 1 heterocycles. The van der Waals surface area contributed by atoms with Gasteiger partial charge < -0.3 is 14.5 Å². The van der Waals surface area contributed by atoms with Crippen molar-refractivity contribution in [2.24, 2.45) is 0 Å². The molecule has 0 radical (unpaired) electrons. The number of rotatable bonds is 5. The number of hydrogen-bond acceptors (Lipinski definition) is 5. The number of amides is 1. The van der Waals surface area contributed by atoms with Gasteiger partial charge in [0.1, 0.15) is 5.75 Å². The molecule has 0 aliphatic rings. The van der Waals surface area contributed by atoms with Crippen molar-refractivity contribution in [1.82, 2.24) is 10.2 Å². The normalized spacial score (nSPS) is 10.3. The van der Waals surface area contributed by atoms with Crippen molar-refractivity contribution in [3.63, 3.8) is 0 Å². The van der Waals surface area contributed by atoms with Crippen molar-refractivity contribution >= 4 is 11.6 Å². The average molecular weight is 309 g/mol. The van der Waals surface area contributed by atoms with Crippen LogP contribution in [0.5, 0.6) is 5.75 Å². The highest BCUT2D eigenvalue weighted by atomic mass is 16.5. The molecule has 0 bridgehead atoms.